The Balaban J connectivity index is 1.63. The second-order valence-electron chi connectivity index (χ2n) is 7.56. The van der Waals surface area contributed by atoms with Crippen molar-refractivity contribution < 1.29 is 4.79 Å². The summed E-state index contributed by atoms with van der Waals surface area (Å²) in [4.78, 5) is 29.6. The number of carbonyl (C=O) groups excluding carboxylic acids is 1. The van der Waals surface area contributed by atoms with Crippen molar-refractivity contribution in [3.05, 3.63) is 34.2 Å². The maximum absolute atomic E-state index is 12.0. The van der Waals surface area contributed by atoms with E-state index in [1.807, 2.05) is 20.0 Å². The summed E-state index contributed by atoms with van der Waals surface area (Å²) in [5.74, 6) is 0.453. The molecule has 0 spiro atoms. The first-order valence-electron chi connectivity index (χ1n) is 9.56. The van der Waals surface area contributed by atoms with Crippen molar-refractivity contribution in [3.63, 3.8) is 0 Å². The second kappa shape index (κ2) is 7.38. The summed E-state index contributed by atoms with van der Waals surface area (Å²) in [6.07, 6.45) is 7.78. The highest BCUT2D eigenvalue weighted by molar-refractivity contribution is 7.15. The highest BCUT2D eigenvalue weighted by Gasteiger charge is 2.27. The van der Waals surface area contributed by atoms with Crippen molar-refractivity contribution in [2.75, 3.05) is 23.3 Å². The van der Waals surface area contributed by atoms with Gasteiger partial charge in [-0.05, 0) is 38.2 Å². The van der Waals surface area contributed by atoms with Crippen LogP contribution in [0.15, 0.2) is 18.0 Å². The van der Waals surface area contributed by atoms with Gasteiger partial charge in [-0.2, -0.15) is 0 Å². The van der Waals surface area contributed by atoms with E-state index in [2.05, 4.69) is 22.1 Å². The zero-order chi connectivity index (χ0) is 19.0. The largest absolute Gasteiger partial charge is 0.343 e. The number of nitrogens with zero attached hydrogens (tertiary/aromatic N) is 4. The second-order valence-corrected chi connectivity index (χ2v) is 8.77. The lowest BCUT2D eigenvalue weighted by molar-refractivity contribution is -0.118. The first-order valence-corrected chi connectivity index (χ1v) is 10.4. The Morgan fingerprint density at radius 3 is 2.81 bits per heavy atom. The number of fused-ring (bicyclic) bond motifs is 2. The zero-order valence-corrected chi connectivity index (χ0v) is 16.9. The number of hydrogen-bond donors (Lipinski definition) is 1. The average Bonchev–Trinajstić information content (AvgIpc) is 3.00. The summed E-state index contributed by atoms with van der Waals surface area (Å²) < 4.78 is 0. The number of hydrogen-bond acceptors (Lipinski definition) is 6. The molecule has 2 aromatic heterocycles. The maximum atomic E-state index is 12.0. The van der Waals surface area contributed by atoms with Crippen LogP contribution in [0, 0.1) is 12.8 Å². The fourth-order valence-corrected chi connectivity index (χ4v) is 4.41. The van der Waals surface area contributed by atoms with E-state index in [1.165, 1.54) is 16.0 Å². The lowest BCUT2D eigenvalue weighted by Gasteiger charge is -2.30. The number of thiazole rings is 1. The van der Waals surface area contributed by atoms with Crippen molar-refractivity contribution in [3.8, 4) is 0 Å². The summed E-state index contributed by atoms with van der Waals surface area (Å²) in [5, 5.41) is 3.96. The fraction of sp³-hybridized carbons (Fsp3) is 0.500. The molecular weight excluding hydrogens is 358 g/mol. The highest BCUT2D eigenvalue weighted by atomic mass is 32.1. The standard InChI is InChI=1S/C20H25N5OS/c1-12(2)19(26)24-17-10-21-18-15-11-25(20-22-9-13(3)27-20)8-7-14(15)5-4-6-16(18)23-17/h9-10,12H,4-8,11H2,1-3H3,(H,23,24,26). The van der Waals surface area contributed by atoms with E-state index in [-0.39, 0.29) is 11.8 Å². The number of carbonyl (C=O) groups is 1. The number of aryl methyl sites for hydroxylation is 2. The van der Waals surface area contributed by atoms with E-state index in [4.69, 9.17) is 9.97 Å². The number of rotatable bonds is 3. The van der Waals surface area contributed by atoms with Crippen LogP contribution < -0.4 is 10.2 Å². The summed E-state index contributed by atoms with van der Waals surface area (Å²) in [6.45, 7) is 7.69. The molecule has 1 aliphatic carbocycles. The Bertz CT molecular complexity index is 902. The van der Waals surface area contributed by atoms with Crippen LogP contribution in [0.1, 0.15) is 49.4 Å². The summed E-state index contributed by atoms with van der Waals surface area (Å²) in [7, 11) is 0. The van der Waals surface area contributed by atoms with E-state index in [1.54, 1.807) is 17.5 Å². The quantitative estimate of drug-likeness (QED) is 0.872. The lowest BCUT2D eigenvalue weighted by Crippen LogP contribution is -2.31. The maximum Gasteiger partial charge on any atom is 0.228 e. The predicted octanol–water partition coefficient (Wildman–Crippen LogP) is 3.84. The monoisotopic (exact) mass is 383 g/mol. The fourth-order valence-electron chi connectivity index (χ4n) is 3.63. The molecule has 1 amide bonds. The summed E-state index contributed by atoms with van der Waals surface area (Å²) >= 11 is 1.74. The van der Waals surface area contributed by atoms with Crippen molar-refractivity contribution >= 4 is 33.8 Å². The molecule has 0 aromatic carbocycles. The van der Waals surface area contributed by atoms with Crippen LogP contribution in [-0.2, 0) is 11.2 Å². The van der Waals surface area contributed by atoms with Gasteiger partial charge < -0.3 is 10.2 Å². The lowest BCUT2D eigenvalue weighted by atomic mass is 9.96. The molecule has 0 saturated heterocycles. The van der Waals surface area contributed by atoms with E-state index in [0.29, 0.717) is 5.82 Å². The molecule has 0 saturated carbocycles. The van der Waals surface area contributed by atoms with Crippen molar-refractivity contribution in [2.24, 2.45) is 5.92 Å². The zero-order valence-electron chi connectivity index (χ0n) is 16.1. The van der Waals surface area contributed by atoms with Gasteiger partial charge in [-0.15, -0.1) is 11.3 Å². The van der Waals surface area contributed by atoms with Gasteiger partial charge in [0.05, 0.1) is 17.6 Å². The minimum atomic E-state index is -0.0754. The molecule has 2 aliphatic rings. The van der Waals surface area contributed by atoms with Gasteiger partial charge >= 0.3 is 0 Å². The van der Waals surface area contributed by atoms with Gasteiger partial charge in [0.2, 0.25) is 5.91 Å². The van der Waals surface area contributed by atoms with Crippen LogP contribution in [0.25, 0.3) is 5.57 Å². The van der Waals surface area contributed by atoms with Crippen molar-refractivity contribution in [1.29, 1.82) is 0 Å². The molecule has 0 bridgehead atoms. The molecular formula is C20H25N5OS. The molecule has 3 heterocycles. The molecule has 1 aliphatic heterocycles. The number of nitrogens with one attached hydrogen (secondary N) is 1. The van der Waals surface area contributed by atoms with Crippen molar-refractivity contribution in [2.45, 2.75) is 46.5 Å². The smallest absolute Gasteiger partial charge is 0.228 e. The molecule has 27 heavy (non-hydrogen) atoms. The Morgan fingerprint density at radius 2 is 2.07 bits per heavy atom. The number of aromatic nitrogens is 3. The Kier molecular flexibility index (Phi) is 4.95. The topological polar surface area (TPSA) is 71.0 Å². The van der Waals surface area contributed by atoms with E-state index < -0.39 is 0 Å². The molecule has 0 fully saturated rings. The molecule has 7 heteroatoms. The Morgan fingerprint density at radius 1 is 1.22 bits per heavy atom. The normalized spacial score (nSPS) is 16.8. The van der Waals surface area contributed by atoms with Gasteiger partial charge in [-0.25, -0.2) is 9.97 Å². The summed E-state index contributed by atoms with van der Waals surface area (Å²) in [6, 6.07) is 0. The molecule has 1 N–H and O–H groups in total. The van der Waals surface area contributed by atoms with Gasteiger partial charge in [0.15, 0.2) is 10.9 Å². The molecule has 142 valence electrons. The average molecular weight is 384 g/mol. The molecule has 2 aromatic rings. The molecule has 0 radical (unpaired) electrons. The van der Waals surface area contributed by atoms with Gasteiger partial charge in [0.1, 0.15) is 0 Å². The van der Waals surface area contributed by atoms with Crippen LogP contribution in [0.3, 0.4) is 0 Å². The minimum absolute atomic E-state index is 0.0271. The Labute approximate surface area is 163 Å². The van der Waals surface area contributed by atoms with Crippen molar-refractivity contribution in [1.82, 2.24) is 15.0 Å². The number of anilines is 2. The van der Waals surface area contributed by atoms with E-state index in [9.17, 15) is 4.79 Å². The molecule has 0 atom stereocenters. The predicted molar refractivity (Wildman–Crippen MR) is 109 cm³/mol. The van der Waals surface area contributed by atoms with Gasteiger partial charge in [0.25, 0.3) is 0 Å². The first-order chi connectivity index (χ1) is 13.0. The Hall–Kier alpha value is -2.28. The first kappa shape index (κ1) is 18.1. The highest BCUT2D eigenvalue weighted by Crippen LogP contribution is 2.36. The number of amides is 1. The third-order valence-electron chi connectivity index (χ3n) is 5.14. The molecule has 6 nitrogen and oxygen atoms in total. The van der Waals surface area contributed by atoms with E-state index in [0.717, 1.165) is 55.3 Å². The van der Waals surface area contributed by atoms with Gasteiger partial charge in [-0.3, -0.25) is 9.78 Å². The van der Waals surface area contributed by atoms with E-state index >= 15 is 0 Å². The minimum Gasteiger partial charge on any atom is -0.343 e. The van der Waals surface area contributed by atoms with Crippen LogP contribution in [-0.4, -0.2) is 33.9 Å². The van der Waals surface area contributed by atoms with Gasteiger partial charge in [-0.1, -0.05) is 19.4 Å². The third-order valence-corrected chi connectivity index (χ3v) is 6.11. The van der Waals surface area contributed by atoms with Crippen LogP contribution in [0.5, 0.6) is 0 Å². The molecule has 0 unspecified atom stereocenters. The van der Waals surface area contributed by atoms with Crippen LogP contribution in [0.4, 0.5) is 10.9 Å². The van der Waals surface area contributed by atoms with Crippen LogP contribution >= 0.6 is 11.3 Å². The SMILES string of the molecule is Cc1cnc(N2CCC3=C(C2)c2ncc(NC(=O)C(C)C)nc2CCC3)s1. The molecule has 4 rings (SSSR count). The summed E-state index contributed by atoms with van der Waals surface area (Å²) in [5.41, 5.74) is 4.81. The van der Waals surface area contributed by atoms with Gasteiger partial charge in [0, 0.05) is 30.1 Å². The van der Waals surface area contributed by atoms with Crippen LogP contribution in [0.2, 0.25) is 0 Å². The third kappa shape index (κ3) is 3.74.